The fourth-order valence-corrected chi connectivity index (χ4v) is 4.10. The quantitative estimate of drug-likeness (QED) is 0.289. The highest BCUT2D eigenvalue weighted by atomic mass is 35.5. The number of hydrogen-bond acceptors (Lipinski definition) is 2. The first-order valence-electron chi connectivity index (χ1n) is 8.15. The number of halogens is 1. The molecule has 0 saturated heterocycles. The molecule has 3 heteroatoms. The third-order valence-corrected chi connectivity index (χ3v) is 5.23. The summed E-state index contributed by atoms with van der Waals surface area (Å²) in [6.07, 6.45) is 0. The molecular formula is C22H11ClO2. The third kappa shape index (κ3) is 1.60. The molecule has 0 N–H and O–H groups in total. The second-order valence-electron chi connectivity index (χ2n) is 6.27. The van der Waals surface area contributed by atoms with Crippen molar-refractivity contribution in [1.29, 1.82) is 0 Å². The zero-order chi connectivity index (χ0) is 16.5. The van der Waals surface area contributed by atoms with Gasteiger partial charge in [0.1, 0.15) is 16.7 Å². The topological polar surface area (TPSA) is 26.3 Å². The maximum atomic E-state index is 6.41. The van der Waals surface area contributed by atoms with Gasteiger partial charge in [-0.1, -0.05) is 66.2 Å². The second-order valence-corrected chi connectivity index (χ2v) is 6.68. The van der Waals surface area contributed by atoms with E-state index in [1.54, 1.807) is 0 Å². The SMILES string of the molecule is Clc1cccc2c1oc1c3ccccc3c3oc4ccccc4c3c21. The maximum absolute atomic E-state index is 6.41. The van der Waals surface area contributed by atoms with Crippen molar-refractivity contribution >= 4 is 66.3 Å². The molecule has 0 amide bonds. The molecule has 0 unspecified atom stereocenters. The minimum absolute atomic E-state index is 0.624. The number of benzene rings is 4. The Balaban J connectivity index is 2.09. The van der Waals surface area contributed by atoms with Crippen LogP contribution in [0.3, 0.4) is 0 Å². The molecule has 118 valence electrons. The van der Waals surface area contributed by atoms with Crippen LogP contribution >= 0.6 is 11.6 Å². The third-order valence-electron chi connectivity index (χ3n) is 4.93. The van der Waals surface area contributed by atoms with Crippen LogP contribution in [-0.2, 0) is 0 Å². The van der Waals surface area contributed by atoms with Gasteiger partial charge in [0, 0.05) is 32.3 Å². The zero-order valence-electron chi connectivity index (χ0n) is 13.0. The molecule has 6 aromatic rings. The lowest BCUT2D eigenvalue weighted by Crippen LogP contribution is -1.77. The van der Waals surface area contributed by atoms with Gasteiger partial charge in [-0.2, -0.15) is 0 Å². The van der Waals surface area contributed by atoms with E-state index in [9.17, 15) is 0 Å². The van der Waals surface area contributed by atoms with Gasteiger partial charge in [-0.05, 0) is 12.1 Å². The summed E-state index contributed by atoms with van der Waals surface area (Å²) in [5, 5.41) is 6.98. The van der Waals surface area contributed by atoms with Crippen molar-refractivity contribution in [1.82, 2.24) is 0 Å². The number of rotatable bonds is 0. The lowest BCUT2D eigenvalue weighted by molar-refractivity contribution is 0.668. The number of furan rings is 2. The lowest BCUT2D eigenvalue weighted by Gasteiger charge is -2.01. The van der Waals surface area contributed by atoms with Crippen LogP contribution in [0.2, 0.25) is 5.02 Å². The van der Waals surface area contributed by atoms with Crippen molar-refractivity contribution in [2.45, 2.75) is 0 Å². The van der Waals surface area contributed by atoms with Crippen molar-refractivity contribution in [3.05, 3.63) is 71.8 Å². The summed E-state index contributed by atoms with van der Waals surface area (Å²) in [5.41, 5.74) is 3.36. The molecule has 0 saturated carbocycles. The van der Waals surface area contributed by atoms with E-state index in [1.807, 2.05) is 42.5 Å². The average Bonchev–Trinajstić information content (AvgIpc) is 3.21. The molecule has 0 aliphatic heterocycles. The molecular weight excluding hydrogens is 332 g/mol. The van der Waals surface area contributed by atoms with E-state index in [0.717, 1.165) is 54.6 Å². The fourth-order valence-electron chi connectivity index (χ4n) is 3.89. The predicted molar refractivity (Wildman–Crippen MR) is 104 cm³/mol. The van der Waals surface area contributed by atoms with E-state index < -0.39 is 0 Å². The van der Waals surface area contributed by atoms with Gasteiger partial charge in [-0.25, -0.2) is 0 Å². The summed E-state index contributed by atoms with van der Waals surface area (Å²) in [4.78, 5) is 0. The summed E-state index contributed by atoms with van der Waals surface area (Å²) in [5.74, 6) is 0. The molecule has 0 atom stereocenters. The van der Waals surface area contributed by atoms with Crippen LogP contribution in [0.5, 0.6) is 0 Å². The summed E-state index contributed by atoms with van der Waals surface area (Å²) in [6, 6.07) is 22.2. The molecule has 0 fully saturated rings. The van der Waals surface area contributed by atoms with Gasteiger partial charge in [0.2, 0.25) is 0 Å². The van der Waals surface area contributed by atoms with E-state index in [2.05, 4.69) is 24.3 Å². The Morgan fingerprint density at radius 2 is 1.12 bits per heavy atom. The number of fused-ring (bicyclic) bond motifs is 10. The van der Waals surface area contributed by atoms with E-state index >= 15 is 0 Å². The molecule has 0 aliphatic rings. The Hall–Kier alpha value is -2.97. The molecule has 25 heavy (non-hydrogen) atoms. The van der Waals surface area contributed by atoms with Gasteiger partial charge in [-0.15, -0.1) is 0 Å². The number of para-hydroxylation sites is 2. The molecule has 4 aromatic carbocycles. The van der Waals surface area contributed by atoms with Gasteiger partial charge in [0.25, 0.3) is 0 Å². The first-order chi connectivity index (χ1) is 12.3. The fraction of sp³-hybridized carbons (Fsp3) is 0. The minimum Gasteiger partial charge on any atom is -0.455 e. The molecule has 2 nitrogen and oxygen atoms in total. The van der Waals surface area contributed by atoms with Crippen LogP contribution in [0.1, 0.15) is 0 Å². The summed E-state index contributed by atoms with van der Waals surface area (Å²) < 4.78 is 12.5. The smallest absolute Gasteiger partial charge is 0.154 e. The van der Waals surface area contributed by atoms with Crippen LogP contribution in [0.4, 0.5) is 0 Å². The normalized spacial score (nSPS) is 12.2. The predicted octanol–water partition coefficient (Wildman–Crippen LogP) is 7.29. The molecule has 6 rings (SSSR count). The van der Waals surface area contributed by atoms with Crippen molar-refractivity contribution in [3.63, 3.8) is 0 Å². The van der Waals surface area contributed by atoms with Crippen LogP contribution < -0.4 is 0 Å². The highest BCUT2D eigenvalue weighted by Crippen LogP contribution is 2.45. The van der Waals surface area contributed by atoms with Crippen LogP contribution in [0.25, 0.3) is 54.6 Å². The summed E-state index contributed by atoms with van der Waals surface area (Å²) in [7, 11) is 0. The van der Waals surface area contributed by atoms with Gasteiger partial charge < -0.3 is 8.83 Å². The van der Waals surface area contributed by atoms with Gasteiger partial charge in [0.15, 0.2) is 5.58 Å². The van der Waals surface area contributed by atoms with E-state index in [-0.39, 0.29) is 0 Å². The molecule has 2 heterocycles. The lowest BCUT2D eigenvalue weighted by atomic mass is 10.00. The summed E-state index contributed by atoms with van der Waals surface area (Å²) in [6.45, 7) is 0. The van der Waals surface area contributed by atoms with Crippen LogP contribution in [0.15, 0.2) is 75.6 Å². The molecule has 0 bridgehead atoms. The van der Waals surface area contributed by atoms with Crippen molar-refractivity contribution in [3.8, 4) is 0 Å². The summed E-state index contributed by atoms with van der Waals surface area (Å²) >= 11 is 6.41. The molecule has 0 radical (unpaired) electrons. The highest BCUT2D eigenvalue weighted by Gasteiger charge is 2.21. The molecule has 0 aliphatic carbocycles. The van der Waals surface area contributed by atoms with E-state index in [0.29, 0.717) is 5.02 Å². The molecule has 0 spiro atoms. The highest BCUT2D eigenvalue weighted by molar-refractivity contribution is 6.39. The van der Waals surface area contributed by atoms with Crippen LogP contribution in [0, 0.1) is 0 Å². The largest absolute Gasteiger partial charge is 0.455 e. The first kappa shape index (κ1) is 13.3. The Kier molecular flexibility index (Phi) is 2.43. The van der Waals surface area contributed by atoms with Gasteiger partial charge in [0.05, 0.1) is 5.02 Å². The van der Waals surface area contributed by atoms with Gasteiger partial charge in [-0.3, -0.25) is 0 Å². The standard InChI is InChI=1S/C22H11ClO2/c23-16-10-5-9-15-19-18-14-8-3-4-11-17(14)24-21(18)12-6-1-2-7-13(12)22(19)25-20(15)16/h1-11H. The Morgan fingerprint density at radius 3 is 1.92 bits per heavy atom. The monoisotopic (exact) mass is 342 g/mol. The Labute approximate surface area is 147 Å². The second kappa shape index (κ2) is 4.56. The zero-order valence-corrected chi connectivity index (χ0v) is 13.8. The van der Waals surface area contributed by atoms with E-state index in [1.165, 1.54) is 0 Å². The number of hydrogen-bond donors (Lipinski definition) is 0. The average molecular weight is 343 g/mol. The Morgan fingerprint density at radius 1 is 0.520 bits per heavy atom. The van der Waals surface area contributed by atoms with Crippen molar-refractivity contribution in [2.24, 2.45) is 0 Å². The minimum atomic E-state index is 0.624. The molecule has 2 aromatic heterocycles. The maximum Gasteiger partial charge on any atom is 0.154 e. The van der Waals surface area contributed by atoms with Crippen molar-refractivity contribution in [2.75, 3.05) is 0 Å². The first-order valence-corrected chi connectivity index (χ1v) is 8.53. The van der Waals surface area contributed by atoms with Gasteiger partial charge >= 0.3 is 0 Å². The van der Waals surface area contributed by atoms with Crippen LogP contribution in [-0.4, -0.2) is 0 Å². The van der Waals surface area contributed by atoms with E-state index in [4.69, 9.17) is 20.4 Å². The van der Waals surface area contributed by atoms with Crippen molar-refractivity contribution < 1.29 is 8.83 Å². The Bertz CT molecular complexity index is 1450.